The van der Waals surface area contributed by atoms with Gasteiger partial charge >= 0.3 is 5.97 Å². The number of aliphatic hydroxyl groups excluding tert-OH is 2. The second kappa shape index (κ2) is 51.3. The molecule has 0 aliphatic carbocycles. The first-order valence-corrected chi connectivity index (χ1v) is 27.2. The van der Waals surface area contributed by atoms with E-state index in [2.05, 4.69) is 62.5 Å². The zero-order chi connectivity index (χ0) is 46.7. The Labute approximate surface area is 396 Å². The maximum atomic E-state index is 13.2. The van der Waals surface area contributed by atoms with Gasteiger partial charge in [-0.1, -0.05) is 248 Å². The Bertz CT molecular complexity index is 1190. The number of esters is 1. The summed E-state index contributed by atoms with van der Waals surface area (Å²) >= 11 is 0. The molecule has 0 saturated carbocycles. The average molecular weight is 894 g/mol. The SMILES string of the molecule is CCC/C=C/C=C/C=C/C=C/C=C/CCCCCC(CC(=O)NC(CO)C(O)CCCCCCCCCCCCCCCC)OC(=O)CCCCCCCCC/C=C\CCCCCC. The standard InChI is InChI=1S/C58H103NO5/c1-4-7-10-13-16-19-22-25-28-30-31-34-37-40-43-46-49-54(64-58(63)51-48-45-42-39-36-33-29-26-23-20-17-14-11-8-5-2)52-57(62)59-55(53-60)56(61)50-47-44-41-38-35-32-27-24-21-18-15-12-9-6-3/h10,13,16,19-20,22-23,25,28,30-31,34,54-56,60-61H,4-9,11-12,14-15,17-18,21,24,26-27,29,32-33,35-53H2,1-3H3,(H,59,62)/b13-10+,19-16+,23-20-,25-22+,30-28+,34-31+. The van der Waals surface area contributed by atoms with Gasteiger partial charge in [0.2, 0.25) is 5.91 Å². The Hall–Kier alpha value is -2.70. The molecule has 0 aromatic carbocycles. The monoisotopic (exact) mass is 894 g/mol. The van der Waals surface area contributed by atoms with Crippen LogP contribution in [0.15, 0.2) is 72.9 Å². The first-order chi connectivity index (χ1) is 31.5. The molecule has 3 atom stereocenters. The highest BCUT2D eigenvalue weighted by atomic mass is 16.5. The lowest BCUT2D eigenvalue weighted by Crippen LogP contribution is -2.46. The van der Waals surface area contributed by atoms with Gasteiger partial charge in [-0.2, -0.15) is 0 Å². The molecule has 0 aromatic heterocycles. The maximum absolute atomic E-state index is 13.2. The van der Waals surface area contributed by atoms with E-state index < -0.39 is 18.2 Å². The molecular formula is C58H103NO5. The van der Waals surface area contributed by atoms with Gasteiger partial charge in [-0.3, -0.25) is 9.59 Å². The Morgan fingerprint density at radius 3 is 1.34 bits per heavy atom. The van der Waals surface area contributed by atoms with E-state index in [-0.39, 0.29) is 24.9 Å². The third-order valence-corrected chi connectivity index (χ3v) is 12.1. The summed E-state index contributed by atoms with van der Waals surface area (Å²) in [7, 11) is 0. The van der Waals surface area contributed by atoms with Crippen LogP contribution in [0, 0.1) is 0 Å². The largest absolute Gasteiger partial charge is 0.462 e. The first-order valence-electron chi connectivity index (χ1n) is 27.2. The Morgan fingerprint density at radius 1 is 0.453 bits per heavy atom. The minimum absolute atomic E-state index is 0.0459. The average Bonchev–Trinajstić information content (AvgIpc) is 3.29. The zero-order valence-corrected chi connectivity index (χ0v) is 42.1. The predicted molar refractivity (Wildman–Crippen MR) is 278 cm³/mol. The van der Waals surface area contributed by atoms with Crippen LogP contribution < -0.4 is 5.32 Å². The van der Waals surface area contributed by atoms with E-state index in [1.807, 2.05) is 36.5 Å². The van der Waals surface area contributed by atoms with Crippen LogP contribution >= 0.6 is 0 Å². The lowest BCUT2D eigenvalue weighted by molar-refractivity contribution is -0.151. The van der Waals surface area contributed by atoms with Gasteiger partial charge in [-0.25, -0.2) is 0 Å². The fraction of sp³-hybridized carbons (Fsp3) is 0.759. The predicted octanol–water partition coefficient (Wildman–Crippen LogP) is 16.6. The maximum Gasteiger partial charge on any atom is 0.306 e. The topological polar surface area (TPSA) is 95.9 Å². The van der Waals surface area contributed by atoms with Crippen LogP contribution in [0.2, 0.25) is 0 Å². The molecule has 0 saturated heterocycles. The third-order valence-electron chi connectivity index (χ3n) is 12.1. The van der Waals surface area contributed by atoms with Crippen molar-refractivity contribution in [1.82, 2.24) is 5.32 Å². The normalized spacial score (nSPS) is 13.8. The number of ether oxygens (including phenoxy) is 1. The number of aliphatic hydroxyl groups is 2. The fourth-order valence-corrected chi connectivity index (χ4v) is 7.98. The quantitative estimate of drug-likeness (QED) is 0.0245. The van der Waals surface area contributed by atoms with E-state index in [0.717, 1.165) is 70.6 Å². The number of allylic oxidation sites excluding steroid dienone is 12. The number of amides is 1. The smallest absolute Gasteiger partial charge is 0.306 e. The van der Waals surface area contributed by atoms with Gasteiger partial charge in [0.05, 0.1) is 25.2 Å². The number of unbranched alkanes of at least 4 members (excludes halogenated alkanes) is 28. The van der Waals surface area contributed by atoms with Gasteiger partial charge in [0, 0.05) is 6.42 Å². The molecule has 0 fully saturated rings. The molecule has 0 heterocycles. The van der Waals surface area contributed by atoms with Gasteiger partial charge in [0.25, 0.3) is 0 Å². The molecule has 370 valence electrons. The minimum atomic E-state index is -0.803. The summed E-state index contributed by atoms with van der Waals surface area (Å²) in [5, 5.41) is 23.8. The molecule has 0 aliphatic heterocycles. The van der Waals surface area contributed by atoms with Crippen LogP contribution in [0.1, 0.15) is 258 Å². The molecule has 3 N–H and O–H groups in total. The van der Waals surface area contributed by atoms with Crippen molar-refractivity contribution in [3.63, 3.8) is 0 Å². The van der Waals surface area contributed by atoms with Crippen LogP contribution in [-0.4, -0.2) is 46.9 Å². The lowest BCUT2D eigenvalue weighted by atomic mass is 10.0. The van der Waals surface area contributed by atoms with Crippen LogP contribution in [-0.2, 0) is 14.3 Å². The van der Waals surface area contributed by atoms with Crippen LogP contribution in [0.4, 0.5) is 0 Å². The molecular weight excluding hydrogens is 791 g/mol. The van der Waals surface area contributed by atoms with Gasteiger partial charge < -0.3 is 20.3 Å². The highest BCUT2D eigenvalue weighted by Gasteiger charge is 2.24. The summed E-state index contributed by atoms with van der Waals surface area (Å²) in [6.45, 7) is 6.38. The lowest BCUT2D eigenvalue weighted by Gasteiger charge is -2.24. The van der Waals surface area contributed by atoms with E-state index in [1.54, 1.807) is 0 Å². The Balaban J connectivity index is 4.68. The number of carbonyl (C=O) groups excluding carboxylic acids is 2. The van der Waals surface area contributed by atoms with Crippen molar-refractivity contribution >= 4 is 11.9 Å². The number of nitrogens with one attached hydrogen (secondary N) is 1. The molecule has 0 aromatic rings. The van der Waals surface area contributed by atoms with E-state index in [9.17, 15) is 19.8 Å². The summed E-state index contributed by atoms with van der Waals surface area (Å²) in [5.74, 6) is -0.519. The molecule has 0 radical (unpaired) electrons. The van der Waals surface area contributed by atoms with Gasteiger partial charge in [-0.05, 0) is 70.6 Å². The number of hydrogen-bond acceptors (Lipinski definition) is 5. The Kier molecular flexibility index (Phi) is 49.1. The van der Waals surface area contributed by atoms with Crippen molar-refractivity contribution in [2.24, 2.45) is 0 Å². The van der Waals surface area contributed by atoms with Gasteiger partial charge in [0.15, 0.2) is 0 Å². The van der Waals surface area contributed by atoms with Gasteiger partial charge in [-0.15, -0.1) is 0 Å². The number of rotatable bonds is 48. The molecule has 6 heteroatoms. The van der Waals surface area contributed by atoms with E-state index >= 15 is 0 Å². The van der Waals surface area contributed by atoms with Crippen molar-refractivity contribution < 1.29 is 24.5 Å². The Morgan fingerprint density at radius 2 is 0.844 bits per heavy atom. The van der Waals surface area contributed by atoms with Crippen LogP contribution in [0.25, 0.3) is 0 Å². The molecule has 1 amide bonds. The summed E-state index contributed by atoms with van der Waals surface area (Å²) in [6, 6.07) is -0.719. The summed E-state index contributed by atoms with van der Waals surface area (Å²) < 4.78 is 5.93. The highest BCUT2D eigenvalue weighted by molar-refractivity contribution is 5.77. The molecule has 3 unspecified atom stereocenters. The molecule has 6 nitrogen and oxygen atoms in total. The summed E-state index contributed by atoms with van der Waals surface area (Å²) in [5.41, 5.74) is 0. The molecule has 0 spiro atoms. The van der Waals surface area contributed by atoms with Crippen LogP contribution in [0.5, 0.6) is 0 Å². The number of hydrogen-bond donors (Lipinski definition) is 3. The second-order valence-electron chi connectivity index (χ2n) is 18.4. The van der Waals surface area contributed by atoms with Crippen molar-refractivity contribution in [1.29, 1.82) is 0 Å². The van der Waals surface area contributed by atoms with Crippen molar-refractivity contribution in [3.8, 4) is 0 Å². The van der Waals surface area contributed by atoms with E-state index in [0.29, 0.717) is 19.3 Å². The van der Waals surface area contributed by atoms with Crippen molar-refractivity contribution in [2.45, 2.75) is 277 Å². The van der Waals surface area contributed by atoms with Crippen molar-refractivity contribution in [3.05, 3.63) is 72.9 Å². The summed E-state index contributed by atoms with van der Waals surface area (Å²) in [4.78, 5) is 26.2. The molecule has 64 heavy (non-hydrogen) atoms. The van der Waals surface area contributed by atoms with Gasteiger partial charge in [0.1, 0.15) is 6.10 Å². The molecule has 0 rings (SSSR count). The van der Waals surface area contributed by atoms with E-state index in [1.165, 1.54) is 141 Å². The van der Waals surface area contributed by atoms with E-state index in [4.69, 9.17) is 4.74 Å². The summed E-state index contributed by atoms with van der Waals surface area (Å²) in [6.07, 6.45) is 65.2. The van der Waals surface area contributed by atoms with Crippen LogP contribution in [0.3, 0.4) is 0 Å². The fourth-order valence-electron chi connectivity index (χ4n) is 7.98. The molecule has 0 aliphatic rings. The first kappa shape index (κ1) is 61.3. The second-order valence-corrected chi connectivity index (χ2v) is 18.4. The minimum Gasteiger partial charge on any atom is -0.462 e. The molecule has 0 bridgehead atoms. The van der Waals surface area contributed by atoms with Crippen molar-refractivity contribution in [2.75, 3.05) is 6.61 Å². The zero-order valence-electron chi connectivity index (χ0n) is 42.1. The number of carbonyl (C=O) groups is 2. The highest BCUT2D eigenvalue weighted by Crippen LogP contribution is 2.18. The third kappa shape index (κ3) is 45.9.